The average molecular weight is 178 g/mol. The maximum atomic E-state index is 8.50. The molecule has 0 saturated carbocycles. The van der Waals surface area contributed by atoms with Gasteiger partial charge in [-0.2, -0.15) is 5.26 Å². The van der Waals surface area contributed by atoms with E-state index in [4.69, 9.17) is 14.7 Å². The van der Waals surface area contributed by atoms with Crippen LogP contribution in [0.25, 0.3) is 0 Å². The molecule has 0 aromatic carbocycles. The van der Waals surface area contributed by atoms with Crippen molar-refractivity contribution >= 4 is 0 Å². The Bertz CT molecular complexity index is 331. The molecule has 0 unspecified atom stereocenters. The summed E-state index contributed by atoms with van der Waals surface area (Å²) in [5.74, 6) is 1.12. The fourth-order valence-corrected chi connectivity index (χ4v) is 0.967. The van der Waals surface area contributed by atoms with Gasteiger partial charge in [0.1, 0.15) is 5.75 Å². The Hall–Kier alpha value is -1.76. The standard InChI is InChI=1S/C9H10N2O2/c1-12-8-5-9(13-2)11-6-7(8)3-4-10/h5-6H,3H2,1-2H3. The van der Waals surface area contributed by atoms with E-state index >= 15 is 0 Å². The lowest BCUT2D eigenvalue weighted by Gasteiger charge is -2.06. The van der Waals surface area contributed by atoms with Crippen LogP contribution in [0, 0.1) is 11.3 Å². The van der Waals surface area contributed by atoms with Crippen molar-refractivity contribution in [1.29, 1.82) is 5.26 Å². The highest BCUT2D eigenvalue weighted by Gasteiger charge is 2.04. The van der Waals surface area contributed by atoms with Gasteiger partial charge in [-0.1, -0.05) is 0 Å². The number of rotatable bonds is 3. The fourth-order valence-electron chi connectivity index (χ4n) is 0.967. The zero-order valence-electron chi connectivity index (χ0n) is 7.57. The average Bonchev–Trinajstić information content (AvgIpc) is 2.19. The Morgan fingerprint density at radius 2 is 2.23 bits per heavy atom. The van der Waals surface area contributed by atoms with Crippen LogP contribution >= 0.6 is 0 Å². The predicted molar refractivity (Wildman–Crippen MR) is 46.7 cm³/mol. The molecule has 13 heavy (non-hydrogen) atoms. The van der Waals surface area contributed by atoms with E-state index in [0.717, 1.165) is 5.56 Å². The van der Waals surface area contributed by atoms with Crippen LogP contribution in [-0.4, -0.2) is 19.2 Å². The van der Waals surface area contributed by atoms with Gasteiger partial charge >= 0.3 is 0 Å². The Kier molecular flexibility index (Phi) is 3.09. The first-order valence-electron chi connectivity index (χ1n) is 3.75. The zero-order valence-corrected chi connectivity index (χ0v) is 7.57. The third-order valence-corrected chi connectivity index (χ3v) is 1.62. The molecule has 0 radical (unpaired) electrons. The van der Waals surface area contributed by atoms with E-state index in [1.807, 2.05) is 6.07 Å². The Balaban J connectivity index is 3.02. The van der Waals surface area contributed by atoms with Gasteiger partial charge in [0.25, 0.3) is 0 Å². The Labute approximate surface area is 76.7 Å². The van der Waals surface area contributed by atoms with Gasteiger partial charge in [-0.3, -0.25) is 0 Å². The van der Waals surface area contributed by atoms with Crippen LogP contribution in [-0.2, 0) is 6.42 Å². The summed E-state index contributed by atoms with van der Waals surface area (Å²) in [5, 5.41) is 8.50. The highest BCUT2D eigenvalue weighted by molar-refractivity contribution is 5.36. The van der Waals surface area contributed by atoms with E-state index in [0.29, 0.717) is 18.1 Å². The van der Waals surface area contributed by atoms with Gasteiger partial charge in [-0.25, -0.2) is 4.98 Å². The number of nitrogens with zero attached hydrogens (tertiary/aromatic N) is 2. The minimum absolute atomic E-state index is 0.292. The molecule has 1 heterocycles. The molecule has 1 aromatic rings. The van der Waals surface area contributed by atoms with Crippen molar-refractivity contribution in [1.82, 2.24) is 4.98 Å². The number of nitriles is 1. The second kappa shape index (κ2) is 4.31. The second-order valence-corrected chi connectivity index (χ2v) is 2.37. The van der Waals surface area contributed by atoms with Gasteiger partial charge < -0.3 is 9.47 Å². The molecule has 0 aliphatic carbocycles. The largest absolute Gasteiger partial charge is 0.496 e. The minimum Gasteiger partial charge on any atom is -0.496 e. The van der Waals surface area contributed by atoms with Gasteiger partial charge in [-0.15, -0.1) is 0 Å². The van der Waals surface area contributed by atoms with Crippen LogP contribution in [0.15, 0.2) is 12.3 Å². The van der Waals surface area contributed by atoms with E-state index < -0.39 is 0 Å². The molecule has 0 atom stereocenters. The molecule has 0 spiro atoms. The topological polar surface area (TPSA) is 55.1 Å². The molecule has 0 aliphatic heterocycles. The van der Waals surface area contributed by atoms with Crippen LogP contribution in [0.5, 0.6) is 11.6 Å². The molecule has 0 fully saturated rings. The quantitative estimate of drug-likeness (QED) is 0.697. The lowest BCUT2D eigenvalue weighted by molar-refractivity contribution is 0.380. The maximum Gasteiger partial charge on any atom is 0.216 e. The van der Waals surface area contributed by atoms with E-state index in [9.17, 15) is 0 Å². The molecule has 0 amide bonds. The molecule has 4 heteroatoms. The van der Waals surface area contributed by atoms with Crippen LogP contribution in [0.4, 0.5) is 0 Å². The fraction of sp³-hybridized carbons (Fsp3) is 0.333. The molecule has 68 valence electrons. The number of aromatic nitrogens is 1. The first-order valence-corrected chi connectivity index (χ1v) is 3.75. The zero-order chi connectivity index (χ0) is 9.68. The number of pyridine rings is 1. The van der Waals surface area contributed by atoms with E-state index in [1.54, 1.807) is 19.4 Å². The summed E-state index contributed by atoms with van der Waals surface area (Å²) < 4.78 is 9.99. The Morgan fingerprint density at radius 3 is 2.77 bits per heavy atom. The molecule has 0 N–H and O–H groups in total. The van der Waals surface area contributed by atoms with Gasteiger partial charge in [0, 0.05) is 17.8 Å². The molecule has 4 nitrogen and oxygen atoms in total. The third-order valence-electron chi connectivity index (χ3n) is 1.62. The predicted octanol–water partition coefficient (Wildman–Crippen LogP) is 1.16. The third kappa shape index (κ3) is 2.09. The molecular formula is C9H10N2O2. The first kappa shape index (κ1) is 9.33. The number of hydrogen-bond acceptors (Lipinski definition) is 4. The summed E-state index contributed by atoms with van der Waals surface area (Å²) in [6.07, 6.45) is 1.88. The summed E-state index contributed by atoms with van der Waals surface area (Å²) in [6.45, 7) is 0. The van der Waals surface area contributed by atoms with Crippen LogP contribution in [0.1, 0.15) is 5.56 Å². The lowest BCUT2D eigenvalue weighted by Crippen LogP contribution is -1.95. The van der Waals surface area contributed by atoms with Crippen molar-refractivity contribution in [2.45, 2.75) is 6.42 Å². The van der Waals surface area contributed by atoms with E-state index in [-0.39, 0.29) is 0 Å². The van der Waals surface area contributed by atoms with Gasteiger partial charge in [0.05, 0.1) is 26.7 Å². The van der Waals surface area contributed by atoms with Crippen LogP contribution in [0.2, 0.25) is 0 Å². The van der Waals surface area contributed by atoms with Crippen molar-refractivity contribution in [3.63, 3.8) is 0 Å². The van der Waals surface area contributed by atoms with Crippen LogP contribution < -0.4 is 9.47 Å². The van der Waals surface area contributed by atoms with E-state index in [2.05, 4.69) is 4.98 Å². The summed E-state index contributed by atoms with van der Waals surface area (Å²) >= 11 is 0. The molecule has 0 aliphatic rings. The second-order valence-electron chi connectivity index (χ2n) is 2.37. The van der Waals surface area contributed by atoms with Gasteiger partial charge in [0.15, 0.2) is 0 Å². The molecule has 1 rings (SSSR count). The SMILES string of the molecule is COc1cc(OC)c(CC#N)cn1. The number of ether oxygens (including phenoxy) is 2. The highest BCUT2D eigenvalue weighted by Crippen LogP contribution is 2.21. The van der Waals surface area contributed by atoms with E-state index in [1.165, 1.54) is 7.11 Å². The smallest absolute Gasteiger partial charge is 0.216 e. The molecular weight excluding hydrogens is 168 g/mol. The van der Waals surface area contributed by atoms with Crippen molar-refractivity contribution < 1.29 is 9.47 Å². The lowest BCUT2D eigenvalue weighted by atomic mass is 10.2. The monoisotopic (exact) mass is 178 g/mol. The summed E-state index contributed by atoms with van der Waals surface area (Å²) in [4.78, 5) is 3.97. The number of hydrogen-bond donors (Lipinski definition) is 0. The maximum absolute atomic E-state index is 8.50. The first-order chi connectivity index (χ1) is 6.31. The normalized spacial score (nSPS) is 9.00. The molecule has 0 saturated heterocycles. The summed E-state index contributed by atoms with van der Waals surface area (Å²) in [5.41, 5.74) is 0.769. The van der Waals surface area contributed by atoms with Crippen molar-refractivity contribution in [3.05, 3.63) is 17.8 Å². The van der Waals surface area contributed by atoms with Crippen molar-refractivity contribution in [3.8, 4) is 17.7 Å². The molecule has 0 bridgehead atoms. The summed E-state index contributed by atoms with van der Waals surface area (Å²) in [7, 11) is 3.08. The van der Waals surface area contributed by atoms with Gasteiger partial charge in [0.2, 0.25) is 5.88 Å². The van der Waals surface area contributed by atoms with Crippen LogP contribution in [0.3, 0.4) is 0 Å². The van der Waals surface area contributed by atoms with Gasteiger partial charge in [-0.05, 0) is 0 Å². The molecule has 1 aromatic heterocycles. The summed E-state index contributed by atoms with van der Waals surface area (Å²) in [6, 6.07) is 3.69. The Morgan fingerprint density at radius 1 is 1.46 bits per heavy atom. The number of methoxy groups -OCH3 is 2. The van der Waals surface area contributed by atoms with Crippen molar-refractivity contribution in [2.24, 2.45) is 0 Å². The van der Waals surface area contributed by atoms with Crippen molar-refractivity contribution in [2.75, 3.05) is 14.2 Å². The minimum atomic E-state index is 0.292. The highest BCUT2D eigenvalue weighted by atomic mass is 16.5.